The predicted molar refractivity (Wildman–Crippen MR) is 112 cm³/mol. The third-order valence-corrected chi connectivity index (χ3v) is 5.00. The van der Waals surface area contributed by atoms with Crippen molar-refractivity contribution in [1.82, 2.24) is 20.0 Å². The van der Waals surface area contributed by atoms with Crippen LogP contribution in [-0.4, -0.2) is 25.9 Å². The Balaban J connectivity index is 1.85. The maximum Gasteiger partial charge on any atom is 0.247 e. The summed E-state index contributed by atoms with van der Waals surface area (Å²) < 4.78 is 16.4. The van der Waals surface area contributed by atoms with Gasteiger partial charge in [0.25, 0.3) is 0 Å². The molecule has 146 valence electrons. The Kier molecular flexibility index (Phi) is 4.50. The van der Waals surface area contributed by atoms with E-state index in [1.165, 1.54) is 6.07 Å². The molecule has 0 bridgehead atoms. The van der Waals surface area contributed by atoms with Crippen LogP contribution in [0.4, 0.5) is 10.1 Å². The van der Waals surface area contributed by atoms with E-state index in [0.29, 0.717) is 11.4 Å². The van der Waals surface area contributed by atoms with Crippen molar-refractivity contribution in [2.45, 2.75) is 20.8 Å². The lowest BCUT2D eigenvalue weighted by Gasteiger charge is -2.11. The van der Waals surface area contributed by atoms with Crippen LogP contribution in [0.2, 0.25) is 0 Å². The van der Waals surface area contributed by atoms with Crippen LogP contribution in [0.5, 0.6) is 0 Å². The third-order valence-electron chi connectivity index (χ3n) is 5.00. The van der Waals surface area contributed by atoms with Gasteiger partial charge < -0.3 is 5.32 Å². The Morgan fingerprint density at radius 1 is 1.21 bits per heavy atom. The van der Waals surface area contributed by atoms with Crippen LogP contribution < -0.4 is 5.32 Å². The summed E-state index contributed by atoms with van der Waals surface area (Å²) in [6.45, 7) is 9.26. The second-order valence-electron chi connectivity index (χ2n) is 6.91. The minimum absolute atomic E-state index is 0.311. The lowest BCUT2D eigenvalue weighted by Crippen LogP contribution is -2.09. The van der Waals surface area contributed by atoms with Gasteiger partial charge in [0.2, 0.25) is 5.91 Å². The summed E-state index contributed by atoms with van der Waals surface area (Å²) >= 11 is 0. The molecular weight excluding hydrogens is 369 g/mol. The number of nitrogens with zero attached hydrogens (tertiary/aromatic N) is 3. The normalized spacial score (nSPS) is 11.0. The molecule has 2 heterocycles. The average molecular weight is 389 g/mol. The number of carbonyl (C=O) groups excluding carboxylic acids is 1. The lowest BCUT2D eigenvalue weighted by molar-refractivity contribution is -0.111. The van der Waals surface area contributed by atoms with E-state index in [2.05, 4.69) is 27.2 Å². The summed E-state index contributed by atoms with van der Waals surface area (Å²) in [4.78, 5) is 11.4. The molecule has 0 fully saturated rings. The quantitative estimate of drug-likeness (QED) is 0.501. The van der Waals surface area contributed by atoms with E-state index >= 15 is 0 Å². The van der Waals surface area contributed by atoms with Crippen molar-refractivity contribution in [3.05, 3.63) is 72.0 Å². The molecule has 0 aliphatic rings. The van der Waals surface area contributed by atoms with Crippen molar-refractivity contribution in [3.8, 4) is 16.8 Å². The van der Waals surface area contributed by atoms with Gasteiger partial charge in [0.1, 0.15) is 5.69 Å². The highest BCUT2D eigenvalue weighted by Gasteiger charge is 2.20. The minimum Gasteiger partial charge on any atom is -0.322 e. The molecule has 2 aromatic heterocycles. The highest BCUT2D eigenvalue weighted by Crippen LogP contribution is 2.36. The molecule has 29 heavy (non-hydrogen) atoms. The van der Waals surface area contributed by atoms with Crippen molar-refractivity contribution < 1.29 is 9.18 Å². The van der Waals surface area contributed by atoms with E-state index in [4.69, 9.17) is 0 Å². The molecule has 0 saturated heterocycles. The predicted octanol–water partition coefficient (Wildman–Crippen LogP) is 4.60. The van der Waals surface area contributed by atoms with Crippen LogP contribution in [0.3, 0.4) is 0 Å². The summed E-state index contributed by atoms with van der Waals surface area (Å²) in [6, 6.07) is 8.53. The molecular formula is C22H20FN5O. The molecule has 2 aromatic carbocycles. The Bertz CT molecular complexity index is 1270. The number of aromatic nitrogens is 4. The zero-order chi connectivity index (χ0) is 20.7. The summed E-state index contributed by atoms with van der Waals surface area (Å²) in [5.74, 6) is -0.878. The van der Waals surface area contributed by atoms with E-state index in [0.717, 1.165) is 45.1 Å². The molecule has 0 atom stereocenters. The maximum atomic E-state index is 14.8. The van der Waals surface area contributed by atoms with Gasteiger partial charge in [-0.2, -0.15) is 10.2 Å². The number of carbonyl (C=O) groups is 1. The van der Waals surface area contributed by atoms with Crippen LogP contribution in [0.25, 0.3) is 27.7 Å². The minimum atomic E-state index is -0.484. The fraction of sp³-hybridized carbons (Fsp3) is 0.136. The number of hydrogen-bond donors (Lipinski definition) is 2. The summed E-state index contributed by atoms with van der Waals surface area (Å²) in [6.07, 6.45) is 2.93. The fourth-order valence-electron chi connectivity index (χ4n) is 3.65. The molecule has 0 spiro atoms. The molecule has 7 heteroatoms. The van der Waals surface area contributed by atoms with Gasteiger partial charge in [-0.1, -0.05) is 12.6 Å². The molecule has 2 N–H and O–H groups in total. The van der Waals surface area contributed by atoms with Crippen LogP contribution >= 0.6 is 0 Å². The average Bonchev–Trinajstić information content (AvgIpc) is 3.27. The maximum absolute atomic E-state index is 14.8. The van der Waals surface area contributed by atoms with Crippen molar-refractivity contribution >= 4 is 22.5 Å². The van der Waals surface area contributed by atoms with Gasteiger partial charge in [0.05, 0.1) is 17.4 Å². The Morgan fingerprint density at radius 3 is 2.72 bits per heavy atom. The molecule has 0 aliphatic carbocycles. The summed E-state index contributed by atoms with van der Waals surface area (Å²) in [5, 5.41) is 15.3. The molecule has 6 nitrogen and oxygen atoms in total. The largest absolute Gasteiger partial charge is 0.322 e. The fourth-order valence-corrected chi connectivity index (χ4v) is 3.65. The van der Waals surface area contributed by atoms with Gasteiger partial charge >= 0.3 is 0 Å². The molecule has 0 saturated carbocycles. The van der Waals surface area contributed by atoms with Gasteiger partial charge in [0.15, 0.2) is 5.82 Å². The van der Waals surface area contributed by atoms with E-state index in [9.17, 15) is 9.18 Å². The first-order valence-corrected chi connectivity index (χ1v) is 9.13. The highest BCUT2D eigenvalue weighted by molar-refractivity contribution is 5.99. The molecule has 4 aromatic rings. The van der Waals surface area contributed by atoms with Gasteiger partial charge in [0, 0.05) is 22.3 Å². The van der Waals surface area contributed by atoms with Crippen LogP contribution in [0.15, 0.2) is 49.2 Å². The van der Waals surface area contributed by atoms with Crippen molar-refractivity contribution in [2.75, 3.05) is 5.32 Å². The van der Waals surface area contributed by atoms with E-state index < -0.39 is 11.7 Å². The topological polar surface area (TPSA) is 75.6 Å². The number of benzene rings is 2. The molecule has 4 rings (SSSR count). The van der Waals surface area contributed by atoms with Gasteiger partial charge in [-0.25, -0.2) is 9.07 Å². The highest BCUT2D eigenvalue weighted by atomic mass is 19.1. The molecule has 0 radical (unpaired) electrons. The van der Waals surface area contributed by atoms with Crippen molar-refractivity contribution in [3.63, 3.8) is 0 Å². The number of aromatic amines is 1. The number of fused-ring (bicyclic) bond motifs is 1. The second kappa shape index (κ2) is 7.01. The zero-order valence-corrected chi connectivity index (χ0v) is 16.4. The molecule has 0 unspecified atom stereocenters. The first-order valence-electron chi connectivity index (χ1n) is 9.13. The standard InChI is InChI=1S/C22H20FN5O/c1-5-20(29)25-15-7-9-19(17(23)10-15)28-14(4)22(13(3)27-28)21-12(2)6-8-18-16(21)11-24-26-18/h5-11H,1H2,2-4H3,(H,24,26)(H,25,29). The Labute approximate surface area is 167 Å². The molecule has 1 amide bonds. The number of H-pyrrole nitrogens is 1. The van der Waals surface area contributed by atoms with Crippen LogP contribution in [0, 0.1) is 26.6 Å². The van der Waals surface area contributed by atoms with Crippen molar-refractivity contribution in [2.24, 2.45) is 0 Å². The first-order chi connectivity index (χ1) is 13.9. The summed E-state index contributed by atoms with van der Waals surface area (Å²) in [7, 11) is 0. The second-order valence-corrected chi connectivity index (χ2v) is 6.91. The number of halogens is 1. The van der Waals surface area contributed by atoms with Crippen LogP contribution in [-0.2, 0) is 4.79 Å². The summed E-state index contributed by atoms with van der Waals surface area (Å²) in [5.41, 5.74) is 6.30. The third kappa shape index (κ3) is 3.10. The lowest BCUT2D eigenvalue weighted by atomic mass is 9.95. The van der Waals surface area contributed by atoms with Crippen LogP contribution in [0.1, 0.15) is 17.0 Å². The number of amides is 1. The van der Waals surface area contributed by atoms with E-state index in [1.807, 2.05) is 32.9 Å². The Morgan fingerprint density at radius 2 is 2.00 bits per heavy atom. The number of hydrogen-bond acceptors (Lipinski definition) is 3. The first kappa shape index (κ1) is 18.6. The molecule has 0 aliphatic heterocycles. The van der Waals surface area contributed by atoms with E-state index in [1.54, 1.807) is 23.0 Å². The number of anilines is 1. The van der Waals surface area contributed by atoms with E-state index in [-0.39, 0.29) is 0 Å². The number of aryl methyl sites for hydroxylation is 2. The van der Waals surface area contributed by atoms with Gasteiger partial charge in [-0.15, -0.1) is 0 Å². The monoisotopic (exact) mass is 389 g/mol. The Hall–Kier alpha value is -3.74. The van der Waals surface area contributed by atoms with Gasteiger partial charge in [-0.3, -0.25) is 9.89 Å². The number of rotatable bonds is 4. The SMILES string of the molecule is C=CC(=O)Nc1ccc(-n2nc(C)c(-c3c(C)ccc4[nH]ncc34)c2C)c(F)c1. The van der Waals surface area contributed by atoms with Crippen molar-refractivity contribution in [1.29, 1.82) is 0 Å². The smallest absolute Gasteiger partial charge is 0.247 e. The zero-order valence-electron chi connectivity index (χ0n) is 16.4. The van der Waals surface area contributed by atoms with Gasteiger partial charge in [-0.05, 0) is 62.2 Å². The number of nitrogens with one attached hydrogen (secondary N) is 2.